The number of hydrogen-bond acceptors (Lipinski definition) is 3. The van der Waals surface area contributed by atoms with E-state index < -0.39 is 0 Å². The van der Waals surface area contributed by atoms with Crippen LogP contribution < -0.4 is 0 Å². The third-order valence-electron chi connectivity index (χ3n) is 2.55. The molecule has 2 heterocycles. The van der Waals surface area contributed by atoms with Crippen molar-refractivity contribution in [3.63, 3.8) is 0 Å². The summed E-state index contributed by atoms with van der Waals surface area (Å²) in [5, 5.41) is 4.82. The van der Waals surface area contributed by atoms with Crippen LogP contribution >= 0.6 is 0 Å². The van der Waals surface area contributed by atoms with Gasteiger partial charge in [-0.25, -0.2) is 14.4 Å². The summed E-state index contributed by atoms with van der Waals surface area (Å²) in [5.74, 6) is -0.336. The molecule has 0 spiro atoms. The molecule has 0 unspecified atom stereocenters. The molecule has 0 atom stereocenters. The molecule has 0 aliphatic rings. The fourth-order valence-corrected chi connectivity index (χ4v) is 1.82. The standard InChI is InChI=1S/C12H9FN4/c1-17-6-9-4-8(5-10(13)12(9)16-17)11-2-3-14-7-15-11/h2-7H,1H3. The predicted molar refractivity (Wildman–Crippen MR) is 61.7 cm³/mol. The van der Waals surface area contributed by atoms with Gasteiger partial charge < -0.3 is 0 Å². The molecule has 84 valence electrons. The zero-order chi connectivity index (χ0) is 11.8. The molecule has 0 fully saturated rings. The Kier molecular flexibility index (Phi) is 2.11. The molecule has 0 saturated heterocycles. The summed E-state index contributed by atoms with van der Waals surface area (Å²) in [6.07, 6.45) is 4.86. The Balaban J connectivity index is 2.25. The van der Waals surface area contributed by atoms with Crippen LogP contribution in [0.4, 0.5) is 4.39 Å². The molecule has 0 bridgehead atoms. The van der Waals surface area contributed by atoms with E-state index in [2.05, 4.69) is 15.1 Å². The van der Waals surface area contributed by atoms with Crippen LogP contribution in [0.2, 0.25) is 0 Å². The highest BCUT2D eigenvalue weighted by Gasteiger charge is 2.09. The van der Waals surface area contributed by atoms with E-state index in [9.17, 15) is 4.39 Å². The summed E-state index contributed by atoms with van der Waals surface area (Å²) >= 11 is 0. The molecule has 0 amide bonds. The second-order valence-electron chi connectivity index (χ2n) is 3.79. The highest BCUT2D eigenvalue weighted by Crippen LogP contribution is 2.24. The van der Waals surface area contributed by atoms with Crippen molar-refractivity contribution in [2.24, 2.45) is 7.05 Å². The first-order chi connectivity index (χ1) is 8.24. The summed E-state index contributed by atoms with van der Waals surface area (Å²) in [6.45, 7) is 0. The zero-order valence-electron chi connectivity index (χ0n) is 9.13. The van der Waals surface area contributed by atoms with Gasteiger partial charge in [0.05, 0.1) is 5.69 Å². The quantitative estimate of drug-likeness (QED) is 0.641. The van der Waals surface area contributed by atoms with Gasteiger partial charge in [-0.05, 0) is 18.2 Å². The van der Waals surface area contributed by atoms with E-state index in [0.29, 0.717) is 11.2 Å². The summed E-state index contributed by atoms with van der Waals surface area (Å²) in [5.41, 5.74) is 1.81. The monoisotopic (exact) mass is 228 g/mol. The van der Waals surface area contributed by atoms with Crippen LogP contribution in [0, 0.1) is 5.82 Å². The summed E-state index contributed by atoms with van der Waals surface area (Å²) in [6, 6.07) is 5.06. The SMILES string of the molecule is Cn1cc2cc(-c3ccncn3)cc(F)c2n1. The maximum absolute atomic E-state index is 13.8. The molecule has 2 aromatic heterocycles. The highest BCUT2D eigenvalue weighted by molar-refractivity contribution is 5.84. The Labute approximate surface area is 96.7 Å². The number of aromatic nitrogens is 4. The molecule has 0 radical (unpaired) electrons. The predicted octanol–water partition coefficient (Wildman–Crippen LogP) is 2.17. The Morgan fingerprint density at radius 2 is 2.18 bits per heavy atom. The molecule has 0 aliphatic heterocycles. The first-order valence-electron chi connectivity index (χ1n) is 5.13. The van der Waals surface area contributed by atoms with Crippen molar-refractivity contribution in [3.05, 3.63) is 42.7 Å². The van der Waals surface area contributed by atoms with Gasteiger partial charge in [0, 0.05) is 30.4 Å². The lowest BCUT2D eigenvalue weighted by molar-refractivity contribution is 0.633. The Bertz CT molecular complexity index is 676. The van der Waals surface area contributed by atoms with Crippen molar-refractivity contribution >= 4 is 10.9 Å². The van der Waals surface area contributed by atoms with Gasteiger partial charge in [-0.2, -0.15) is 5.10 Å². The second-order valence-corrected chi connectivity index (χ2v) is 3.79. The maximum atomic E-state index is 13.8. The number of rotatable bonds is 1. The molecule has 5 heteroatoms. The number of benzene rings is 1. The third kappa shape index (κ3) is 1.65. The lowest BCUT2D eigenvalue weighted by Gasteiger charge is -2.00. The first-order valence-corrected chi connectivity index (χ1v) is 5.13. The van der Waals surface area contributed by atoms with Gasteiger partial charge in [0.2, 0.25) is 0 Å². The van der Waals surface area contributed by atoms with E-state index in [1.807, 2.05) is 6.07 Å². The summed E-state index contributed by atoms with van der Waals surface area (Å²) < 4.78 is 15.4. The van der Waals surface area contributed by atoms with E-state index >= 15 is 0 Å². The van der Waals surface area contributed by atoms with Gasteiger partial charge in [-0.1, -0.05) is 0 Å². The van der Waals surface area contributed by atoms with Gasteiger partial charge in [0.1, 0.15) is 11.8 Å². The summed E-state index contributed by atoms with van der Waals surface area (Å²) in [4.78, 5) is 7.94. The van der Waals surface area contributed by atoms with Crippen LogP contribution in [0.5, 0.6) is 0 Å². The van der Waals surface area contributed by atoms with Crippen molar-refractivity contribution in [1.29, 1.82) is 0 Å². The molecule has 3 aromatic rings. The maximum Gasteiger partial charge on any atom is 0.151 e. The van der Waals surface area contributed by atoms with Crippen molar-refractivity contribution < 1.29 is 4.39 Å². The minimum atomic E-state index is -0.336. The normalized spacial score (nSPS) is 10.9. The van der Waals surface area contributed by atoms with Gasteiger partial charge in [-0.15, -0.1) is 0 Å². The van der Waals surface area contributed by atoms with Gasteiger partial charge >= 0.3 is 0 Å². The van der Waals surface area contributed by atoms with E-state index in [-0.39, 0.29) is 5.82 Å². The first kappa shape index (κ1) is 9.89. The molecule has 0 saturated carbocycles. The van der Waals surface area contributed by atoms with E-state index in [1.54, 1.807) is 30.2 Å². The van der Waals surface area contributed by atoms with Crippen molar-refractivity contribution in [1.82, 2.24) is 19.7 Å². The van der Waals surface area contributed by atoms with Crippen LogP contribution in [0.25, 0.3) is 22.2 Å². The van der Waals surface area contributed by atoms with Gasteiger partial charge in [-0.3, -0.25) is 4.68 Å². The fourth-order valence-electron chi connectivity index (χ4n) is 1.82. The van der Waals surface area contributed by atoms with Gasteiger partial charge in [0.25, 0.3) is 0 Å². The lowest BCUT2D eigenvalue weighted by atomic mass is 10.1. The second kappa shape index (κ2) is 3.62. The number of halogens is 1. The van der Waals surface area contributed by atoms with E-state index in [4.69, 9.17) is 0 Å². The minimum Gasteiger partial charge on any atom is -0.274 e. The number of nitrogens with zero attached hydrogens (tertiary/aromatic N) is 4. The topological polar surface area (TPSA) is 43.6 Å². The van der Waals surface area contributed by atoms with E-state index in [0.717, 1.165) is 10.9 Å². The van der Waals surface area contributed by atoms with Crippen LogP contribution in [0.15, 0.2) is 36.9 Å². The smallest absolute Gasteiger partial charge is 0.151 e. The van der Waals surface area contributed by atoms with Crippen LogP contribution in [-0.4, -0.2) is 19.7 Å². The number of fused-ring (bicyclic) bond motifs is 1. The summed E-state index contributed by atoms with van der Waals surface area (Å²) in [7, 11) is 1.77. The highest BCUT2D eigenvalue weighted by atomic mass is 19.1. The number of hydrogen-bond donors (Lipinski definition) is 0. The van der Waals surface area contributed by atoms with Crippen molar-refractivity contribution in [3.8, 4) is 11.3 Å². The molecular weight excluding hydrogens is 219 g/mol. The molecule has 3 rings (SSSR count). The lowest BCUT2D eigenvalue weighted by Crippen LogP contribution is -1.88. The Morgan fingerprint density at radius 1 is 1.29 bits per heavy atom. The average molecular weight is 228 g/mol. The molecular formula is C12H9FN4. The molecule has 1 aromatic carbocycles. The third-order valence-corrected chi connectivity index (χ3v) is 2.55. The molecule has 0 aliphatic carbocycles. The number of aryl methyl sites for hydroxylation is 1. The Hall–Kier alpha value is -2.30. The van der Waals surface area contributed by atoms with Crippen molar-refractivity contribution in [2.45, 2.75) is 0 Å². The van der Waals surface area contributed by atoms with E-state index in [1.165, 1.54) is 12.4 Å². The molecule has 17 heavy (non-hydrogen) atoms. The van der Waals surface area contributed by atoms with Crippen molar-refractivity contribution in [2.75, 3.05) is 0 Å². The zero-order valence-corrected chi connectivity index (χ0v) is 9.13. The van der Waals surface area contributed by atoms with Crippen LogP contribution in [0.1, 0.15) is 0 Å². The van der Waals surface area contributed by atoms with Crippen LogP contribution in [-0.2, 0) is 7.05 Å². The largest absolute Gasteiger partial charge is 0.274 e. The average Bonchev–Trinajstić information content (AvgIpc) is 2.71. The molecule has 4 nitrogen and oxygen atoms in total. The fraction of sp³-hybridized carbons (Fsp3) is 0.0833. The Morgan fingerprint density at radius 3 is 2.94 bits per heavy atom. The van der Waals surface area contributed by atoms with Gasteiger partial charge in [0.15, 0.2) is 5.82 Å². The van der Waals surface area contributed by atoms with Crippen LogP contribution in [0.3, 0.4) is 0 Å². The minimum absolute atomic E-state index is 0.336. The molecule has 0 N–H and O–H groups in total.